The molecule has 1 atom stereocenters. The summed E-state index contributed by atoms with van der Waals surface area (Å²) >= 11 is 0. The van der Waals surface area contributed by atoms with E-state index < -0.39 is 14.8 Å². The van der Waals surface area contributed by atoms with Gasteiger partial charge in [0.2, 0.25) is 10.0 Å². The van der Waals surface area contributed by atoms with Gasteiger partial charge in [-0.3, -0.25) is 0 Å². The predicted molar refractivity (Wildman–Crippen MR) is 51.5 cm³/mol. The summed E-state index contributed by atoms with van der Waals surface area (Å²) in [5.74, 6) is -0.294. The average Bonchev–Trinajstić information content (AvgIpc) is 1.98. The van der Waals surface area contributed by atoms with E-state index in [4.69, 9.17) is 5.26 Å². The van der Waals surface area contributed by atoms with Crippen LogP contribution in [0, 0.1) is 17.2 Å². The minimum atomic E-state index is -3.30. The zero-order valence-corrected chi connectivity index (χ0v) is 9.27. The number of nitrogens with one attached hydrogen (secondary N) is 1. The van der Waals surface area contributed by atoms with Crippen molar-refractivity contribution in [3.63, 3.8) is 0 Å². The third kappa shape index (κ3) is 3.75. The van der Waals surface area contributed by atoms with Crippen molar-refractivity contribution in [2.75, 3.05) is 6.54 Å². The number of sulfonamides is 1. The number of hydrogen-bond acceptors (Lipinski definition) is 3. The van der Waals surface area contributed by atoms with Gasteiger partial charge in [-0.15, -0.1) is 0 Å². The minimum absolute atomic E-state index is 0.177. The smallest absolute Gasteiger partial charge is 0.213 e. The van der Waals surface area contributed by atoms with Crippen molar-refractivity contribution >= 4 is 10.0 Å². The normalized spacial score (nSPS) is 15.0. The first kappa shape index (κ1) is 12.4. The Morgan fingerprint density at radius 1 is 1.46 bits per heavy atom. The molecule has 0 spiro atoms. The van der Waals surface area contributed by atoms with E-state index in [0.29, 0.717) is 0 Å². The second-order valence-corrected chi connectivity index (χ2v) is 6.51. The summed E-state index contributed by atoms with van der Waals surface area (Å²) in [5, 5.41) is 8.45. The van der Waals surface area contributed by atoms with Crippen LogP contribution in [0.25, 0.3) is 0 Å². The predicted octanol–water partition coefficient (Wildman–Crippen LogP) is 0.864. The molecular weight excluding hydrogens is 188 g/mol. The summed E-state index contributed by atoms with van der Waals surface area (Å²) in [6.45, 7) is 6.70. The maximum atomic E-state index is 11.5. The van der Waals surface area contributed by atoms with Crippen LogP contribution >= 0.6 is 0 Å². The summed E-state index contributed by atoms with van der Waals surface area (Å²) in [7, 11) is -3.30. The highest BCUT2D eigenvalue weighted by atomic mass is 32.2. The quantitative estimate of drug-likeness (QED) is 0.741. The first-order chi connectivity index (χ1) is 5.70. The molecule has 0 aliphatic rings. The molecule has 0 amide bonds. The lowest BCUT2D eigenvalue weighted by molar-refractivity contribution is 0.538. The van der Waals surface area contributed by atoms with Gasteiger partial charge in [-0.2, -0.15) is 5.26 Å². The number of nitrogens with zero attached hydrogens (tertiary/aromatic N) is 1. The van der Waals surface area contributed by atoms with Gasteiger partial charge >= 0.3 is 0 Å². The molecule has 0 radical (unpaired) electrons. The van der Waals surface area contributed by atoms with Crippen LogP contribution in [0.2, 0.25) is 0 Å². The zero-order chi connectivity index (χ0) is 10.7. The zero-order valence-electron chi connectivity index (χ0n) is 8.46. The number of nitriles is 1. The van der Waals surface area contributed by atoms with Gasteiger partial charge in [0.15, 0.2) is 0 Å². The third-order valence-electron chi connectivity index (χ3n) is 1.61. The fourth-order valence-corrected chi connectivity index (χ4v) is 1.40. The molecule has 1 N–H and O–H groups in total. The second kappa shape index (κ2) is 4.07. The highest BCUT2D eigenvalue weighted by Crippen LogP contribution is 2.12. The number of hydrogen-bond donors (Lipinski definition) is 1. The van der Waals surface area contributed by atoms with Crippen molar-refractivity contribution in [1.82, 2.24) is 4.72 Å². The lowest BCUT2D eigenvalue weighted by atomic mass is 10.2. The van der Waals surface area contributed by atoms with Crippen LogP contribution in [0.1, 0.15) is 27.7 Å². The van der Waals surface area contributed by atoms with Gasteiger partial charge in [-0.25, -0.2) is 13.1 Å². The van der Waals surface area contributed by atoms with Gasteiger partial charge in [-0.1, -0.05) is 0 Å². The summed E-state index contributed by atoms with van der Waals surface area (Å²) in [6, 6.07) is 1.96. The van der Waals surface area contributed by atoms with Crippen molar-refractivity contribution in [2.45, 2.75) is 32.4 Å². The maximum Gasteiger partial charge on any atom is 0.216 e. The van der Waals surface area contributed by atoms with Crippen LogP contribution in [0.3, 0.4) is 0 Å². The van der Waals surface area contributed by atoms with E-state index in [1.165, 1.54) is 0 Å². The van der Waals surface area contributed by atoms with Crippen LogP contribution in [0.5, 0.6) is 0 Å². The van der Waals surface area contributed by atoms with Crippen LogP contribution in [0.4, 0.5) is 0 Å². The molecule has 0 aliphatic heterocycles. The van der Waals surface area contributed by atoms with Gasteiger partial charge in [-0.05, 0) is 27.7 Å². The van der Waals surface area contributed by atoms with Gasteiger partial charge in [0.1, 0.15) is 0 Å². The standard InChI is InChI=1S/C8H16N2O2S/c1-7(5-9)6-10-13(11,12)8(2,3)4/h7,10H,6H2,1-4H3. The summed E-state index contributed by atoms with van der Waals surface area (Å²) in [4.78, 5) is 0. The van der Waals surface area contributed by atoms with Crippen molar-refractivity contribution in [1.29, 1.82) is 5.26 Å². The van der Waals surface area contributed by atoms with E-state index in [-0.39, 0.29) is 12.5 Å². The lowest BCUT2D eigenvalue weighted by Gasteiger charge is -2.19. The third-order valence-corrected chi connectivity index (χ3v) is 3.77. The molecule has 0 saturated heterocycles. The van der Waals surface area contributed by atoms with E-state index in [1.807, 2.05) is 6.07 Å². The Morgan fingerprint density at radius 2 is 1.92 bits per heavy atom. The van der Waals surface area contributed by atoms with Crippen molar-refractivity contribution in [3.8, 4) is 6.07 Å². The van der Waals surface area contributed by atoms with Crippen LogP contribution < -0.4 is 4.72 Å². The SMILES string of the molecule is CC(C#N)CNS(=O)(=O)C(C)(C)C. The highest BCUT2D eigenvalue weighted by Gasteiger charge is 2.28. The fraction of sp³-hybridized carbons (Fsp3) is 0.875. The molecule has 0 heterocycles. The molecule has 13 heavy (non-hydrogen) atoms. The van der Waals surface area contributed by atoms with Crippen molar-refractivity contribution in [2.24, 2.45) is 5.92 Å². The second-order valence-electron chi connectivity index (χ2n) is 3.99. The summed E-state index contributed by atoms with van der Waals surface area (Å²) < 4.78 is 24.5. The van der Waals surface area contributed by atoms with E-state index >= 15 is 0 Å². The molecule has 0 aliphatic carbocycles. The molecular formula is C8H16N2O2S. The molecule has 1 unspecified atom stereocenters. The Kier molecular flexibility index (Phi) is 3.88. The highest BCUT2D eigenvalue weighted by molar-refractivity contribution is 7.90. The molecule has 5 heteroatoms. The van der Waals surface area contributed by atoms with E-state index in [0.717, 1.165) is 0 Å². The van der Waals surface area contributed by atoms with Crippen molar-refractivity contribution in [3.05, 3.63) is 0 Å². The first-order valence-electron chi connectivity index (χ1n) is 4.09. The molecule has 0 aromatic carbocycles. The van der Waals surface area contributed by atoms with Gasteiger partial charge in [0.25, 0.3) is 0 Å². The van der Waals surface area contributed by atoms with Gasteiger partial charge in [0.05, 0.1) is 16.7 Å². The largest absolute Gasteiger partial charge is 0.216 e. The lowest BCUT2D eigenvalue weighted by Crippen LogP contribution is -2.40. The molecule has 0 aromatic heterocycles. The Labute approximate surface area is 80.0 Å². The maximum absolute atomic E-state index is 11.5. The Balaban J connectivity index is 4.33. The van der Waals surface area contributed by atoms with Crippen LogP contribution in [-0.4, -0.2) is 19.7 Å². The van der Waals surface area contributed by atoms with E-state index in [2.05, 4.69) is 4.72 Å². The van der Waals surface area contributed by atoms with Crippen molar-refractivity contribution < 1.29 is 8.42 Å². The molecule has 0 aromatic rings. The van der Waals surface area contributed by atoms with E-state index in [1.54, 1.807) is 27.7 Å². The molecule has 76 valence electrons. The Bertz CT molecular complexity index is 295. The van der Waals surface area contributed by atoms with Crippen LogP contribution in [0.15, 0.2) is 0 Å². The topological polar surface area (TPSA) is 70.0 Å². The summed E-state index contributed by atoms with van der Waals surface area (Å²) in [6.07, 6.45) is 0. The fourth-order valence-electron chi connectivity index (χ4n) is 0.497. The van der Waals surface area contributed by atoms with Crippen LogP contribution in [-0.2, 0) is 10.0 Å². The molecule has 0 fully saturated rings. The van der Waals surface area contributed by atoms with Gasteiger partial charge < -0.3 is 0 Å². The Morgan fingerprint density at radius 3 is 2.23 bits per heavy atom. The Hall–Kier alpha value is -0.600. The summed E-state index contributed by atoms with van der Waals surface area (Å²) in [5.41, 5.74) is 0. The molecule has 0 rings (SSSR count). The molecule has 4 nitrogen and oxygen atoms in total. The van der Waals surface area contributed by atoms with Gasteiger partial charge in [0, 0.05) is 6.54 Å². The first-order valence-corrected chi connectivity index (χ1v) is 5.58. The molecule has 0 bridgehead atoms. The number of rotatable bonds is 3. The average molecular weight is 204 g/mol. The van der Waals surface area contributed by atoms with E-state index in [9.17, 15) is 8.42 Å². The minimum Gasteiger partial charge on any atom is -0.213 e. The monoisotopic (exact) mass is 204 g/mol. The molecule has 0 saturated carbocycles.